The van der Waals surface area contributed by atoms with Crippen LogP contribution >= 0.6 is 39.1 Å². The Morgan fingerprint density at radius 2 is 1.87 bits per heavy atom. The van der Waals surface area contributed by atoms with Gasteiger partial charge in [-0.3, -0.25) is 0 Å². The Morgan fingerprint density at radius 1 is 1.33 bits per heavy atom. The van der Waals surface area contributed by atoms with Gasteiger partial charge in [0.1, 0.15) is 16.4 Å². The number of methoxy groups -OCH3 is 1. The molecule has 1 atom stereocenters. The quantitative estimate of drug-likeness (QED) is 0.787. The van der Waals surface area contributed by atoms with Crippen LogP contribution in [-0.4, -0.2) is 17.1 Å². The molecule has 0 N–H and O–H groups in total. The molecule has 1 aromatic heterocycles. The summed E-state index contributed by atoms with van der Waals surface area (Å²) in [5, 5.41) is 0.617. The molecule has 0 saturated heterocycles. The molecule has 0 bridgehead atoms. The Kier molecular flexibility index (Phi) is 5.26. The molecule has 1 aromatic rings. The van der Waals surface area contributed by atoms with Crippen molar-refractivity contribution >= 4 is 39.1 Å². The van der Waals surface area contributed by atoms with Crippen molar-refractivity contribution < 1.29 is 4.74 Å². The first-order valence-electron chi connectivity index (χ1n) is 4.51. The lowest BCUT2D eigenvalue weighted by atomic mass is 10.2. The van der Waals surface area contributed by atoms with Gasteiger partial charge in [0.15, 0.2) is 5.82 Å². The SMILES string of the molecule is CCCC(OC)c1nc(Cl)c(Br)c(Cl)n1. The van der Waals surface area contributed by atoms with Gasteiger partial charge in [-0.05, 0) is 22.4 Å². The minimum atomic E-state index is -0.155. The molecule has 84 valence electrons. The number of aromatic nitrogens is 2. The van der Waals surface area contributed by atoms with Gasteiger partial charge < -0.3 is 4.74 Å². The lowest BCUT2D eigenvalue weighted by molar-refractivity contribution is 0.0876. The van der Waals surface area contributed by atoms with Crippen LogP contribution in [-0.2, 0) is 4.74 Å². The highest BCUT2D eigenvalue weighted by molar-refractivity contribution is 9.10. The number of halogens is 3. The van der Waals surface area contributed by atoms with Gasteiger partial charge in [-0.1, -0.05) is 36.5 Å². The van der Waals surface area contributed by atoms with Gasteiger partial charge in [0.2, 0.25) is 0 Å². The fourth-order valence-electron chi connectivity index (χ4n) is 1.17. The van der Waals surface area contributed by atoms with E-state index in [1.54, 1.807) is 7.11 Å². The summed E-state index contributed by atoms with van der Waals surface area (Å²) in [6, 6.07) is 0. The Balaban J connectivity index is 3.03. The number of hydrogen-bond donors (Lipinski definition) is 0. The van der Waals surface area contributed by atoms with E-state index in [0.29, 0.717) is 20.6 Å². The monoisotopic (exact) mass is 312 g/mol. The summed E-state index contributed by atoms with van der Waals surface area (Å²) >= 11 is 15.0. The Morgan fingerprint density at radius 3 is 2.27 bits per heavy atom. The van der Waals surface area contributed by atoms with E-state index in [1.807, 2.05) is 0 Å². The van der Waals surface area contributed by atoms with E-state index in [0.717, 1.165) is 12.8 Å². The van der Waals surface area contributed by atoms with Crippen LogP contribution in [0.2, 0.25) is 10.3 Å². The first-order chi connectivity index (χ1) is 7.10. The molecule has 0 radical (unpaired) electrons. The molecule has 0 aliphatic heterocycles. The molecular weight excluding hydrogens is 303 g/mol. The molecular formula is C9H11BrCl2N2O. The molecule has 0 aromatic carbocycles. The highest BCUT2D eigenvalue weighted by Gasteiger charge is 2.16. The van der Waals surface area contributed by atoms with E-state index in [9.17, 15) is 0 Å². The molecule has 6 heteroatoms. The van der Waals surface area contributed by atoms with Crippen molar-refractivity contribution in [1.82, 2.24) is 9.97 Å². The number of nitrogens with zero attached hydrogens (tertiary/aromatic N) is 2. The Hall–Kier alpha value is 0.1000. The normalized spacial score (nSPS) is 12.9. The largest absolute Gasteiger partial charge is 0.373 e. The van der Waals surface area contributed by atoms with Crippen molar-refractivity contribution in [2.24, 2.45) is 0 Å². The van der Waals surface area contributed by atoms with Crippen molar-refractivity contribution in [2.75, 3.05) is 7.11 Å². The van der Waals surface area contributed by atoms with Gasteiger partial charge in [0.05, 0.1) is 4.47 Å². The minimum absolute atomic E-state index is 0.155. The minimum Gasteiger partial charge on any atom is -0.373 e. The third-order valence-electron chi connectivity index (χ3n) is 1.91. The second-order valence-corrected chi connectivity index (χ2v) is 4.50. The van der Waals surface area contributed by atoms with E-state index in [2.05, 4.69) is 32.8 Å². The van der Waals surface area contributed by atoms with Crippen molar-refractivity contribution in [3.8, 4) is 0 Å². The number of hydrogen-bond acceptors (Lipinski definition) is 3. The highest BCUT2D eigenvalue weighted by atomic mass is 79.9. The summed E-state index contributed by atoms with van der Waals surface area (Å²) in [7, 11) is 1.62. The molecule has 0 saturated carbocycles. The van der Waals surface area contributed by atoms with E-state index in [1.165, 1.54) is 0 Å². The van der Waals surface area contributed by atoms with Gasteiger partial charge in [-0.25, -0.2) is 9.97 Å². The van der Waals surface area contributed by atoms with Gasteiger partial charge in [-0.2, -0.15) is 0 Å². The summed E-state index contributed by atoms with van der Waals surface area (Å²) in [6.07, 6.45) is 1.66. The lowest BCUT2D eigenvalue weighted by Crippen LogP contribution is -2.07. The third-order valence-corrected chi connectivity index (χ3v) is 3.67. The first-order valence-corrected chi connectivity index (χ1v) is 6.06. The predicted molar refractivity (Wildman–Crippen MR) is 64.4 cm³/mol. The van der Waals surface area contributed by atoms with E-state index >= 15 is 0 Å². The van der Waals surface area contributed by atoms with E-state index in [4.69, 9.17) is 27.9 Å². The van der Waals surface area contributed by atoms with Crippen LogP contribution in [0.1, 0.15) is 31.7 Å². The van der Waals surface area contributed by atoms with E-state index in [-0.39, 0.29) is 6.10 Å². The van der Waals surface area contributed by atoms with Crippen LogP contribution < -0.4 is 0 Å². The molecule has 1 unspecified atom stereocenters. The first kappa shape index (κ1) is 13.2. The molecule has 0 aliphatic carbocycles. The fraction of sp³-hybridized carbons (Fsp3) is 0.556. The average Bonchev–Trinajstić information content (AvgIpc) is 2.22. The van der Waals surface area contributed by atoms with Crippen molar-refractivity contribution in [3.05, 3.63) is 20.6 Å². The zero-order chi connectivity index (χ0) is 11.4. The Bertz CT molecular complexity index is 326. The molecule has 3 nitrogen and oxygen atoms in total. The maximum Gasteiger partial charge on any atom is 0.160 e. The molecule has 0 amide bonds. The molecule has 0 spiro atoms. The lowest BCUT2D eigenvalue weighted by Gasteiger charge is -2.13. The third kappa shape index (κ3) is 3.28. The Labute approximate surface area is 107 Å². The number of rotatable bonds is 4. The summed E-state index contributed by atoms with van der Waals surface area (Å²) in [5.74, 6) is 0.526. The zero-order valence-electron chi connectivity index (χ0n) is 8.43. The molecule has 1 heterocycles. The fourth-order valence-corrected chi connectivity index (χ4v) is 1.75. The van der Waals surface area contributed by atoms with E-state index < -0.39 is 0 Å². The van der Waals surface area contributed by atoms with Gasteiger partial charge in [0, 0.05) is 7.11 Å². The van der Waals surface area contributed by atoms with Crippen LogP contribution in [0.5, 0.6) is 0 Å². The van der Waals surface area contributed by atoms with Gasteiger partial charge in [-0.15, -0.1) is 0 Å². The summed E-state index contributed by atoms with van der Waals surface area (Å²) in [5.41, 5.74) is 0. The summed E-state index contributed by atoms with van der Waals surface area (Å²) < 4.78 is 5.78. The van der Waals surface area contributed by atoms with Crippen LogP contribution in [0.15, 0.2) is 4.47 Å². The van der Waals surface area contributed by atoms with Gasteiger partial charge in [0.25, 0.3) is 0 Å². The van der Waals surface area contributed by atoms with Crippen molar-refractivity contribution in [3.63, 3.8) is 0 Å². The summed E-state index contributed by atoms with van der Waals surface area (Å²) in [6.45, 7) is 2.06. The summed E-state index contributed by atoms with van der Waals surface area (Å²) in [4.78, 5) is 8.24. The molecule has 1 rings (SSSR count). The van der Waals surface area contributed by atoms with Crippen LogP contribution in [0.25, 0.3) is 0 Å². The molecule has 0 aliphatic rings. The van der Waals surface area contributed by atoms with Crippen molar-refractivity contribution in [1.29, 1.82) is 0 Å². The molecule has 15 heavy (non-hydrogen) atoms. The smallest absolute Gasteiger partial charge is 0.160 e. The second kappa shape index (κ2) is 5.99. The maximum absolute atomic E-state index is 5.88. The van der Waals surface area contributed by atoms with Crippen LogP contribution in [0.3, 0.4) is 0 Å². The predicted octanol–water partition coefficient (Wildman–Crippen LogP) is 4.03. The average molecular weight is 314 g/mol. The standard InChI is InChI=1S/C9H11BrCl2N2O/c1-3-4-5(15-2)9-13-7(11)6(10)8(12)14-9/h5H,3-4H2,1-2H3. The molecule has 0 fully saturated rings. The second-order valence-electron chi connectivity index (χ2n) is 2.99. The topological polar surface area (TPSA) is 35.0 Å². The number of ether oxygens (including phenoxy) is 1. The zero-order valence-corrected chi connectivity index (χ0v) is 11.5. The van der Waals surface area contributed by atoms with Gasteiger partial charge >= 0.3 is 0 Å². The highest BCUT2D eigenvalue weighted by Crippen LogP contribution is 2.29. The van der Waals surface area contributed by atoms with Crippen LogP contribution in [0, 0.1) is 0 Å². The maximum atomic E-state index is 5.88. The van der Waals surface area contributed by atoms with Crippen molar-refractivity contribution in [2.45, 2.75) is 25.9 Å². The van der Waals surface area contributed by atoms with Crippen LogP contribution in [0.4, 0.5) is 0 Å².